The molecule has 312 valence electrons. The van der Waals surface area contributed by atoms with Gasteiger partial charge in [-0.15, -0.1) is 0 Å². The highest BCUT2D eigenvalue weighted by atomic mass is 127. The molecule has 2 aliphatic carbocycles. The van der Waals surface area contributed by atoms with E-state index in [4.69, 9.17) is 4.74 Å². The molecule has 1 aromatic carbocycles. The van der Waals surface area contributed by atoms with Crippen molar-refractivity contribution in [2.75, 3.05) is 20.6 Å². The molecule has 4 rings (SSSR count). The second-order valence-corrected chi connectivity index (χ2v) is 21.3. The number of piperidine rings is 1. The zero-order valence-electron chi connectivity index (χ0n) is 35.5. The van der Waals surface area contributed by atoms with E-state index in [0.717, 1.165) is 16.8 Å². The van der Waals surface area contributed by atoms with Gasteiger partial charge in [0.1, 0.15) is 17.7 Å². The fourth-order valence-corrected chi connectivity index (χ4v) is 7.53. The number of benzene rings is 1. The van der Waals surface area contributed by atoms with Crippen molar-refractivity contribution in [2.45, 2.75) is 135 Å². The van der Waals surface area contributed by atoms with E-state index in [1.54, 1.807) is 70.1 Å². The van der Waals surface area contributed by atoms with Gasteiger partial charge in [-0.2, -0.15) is 0 Å². The Bertz CT molecular complexity index is 1610. The first-order valence-corrected chi connectivity index (χ1v) is 21.1. The van der Waals surface area contributed by atoms with E-state index in [0.29, 0.717) is 18.5 Å². The Kier molecular flexibility index (Phi) is 15.9. The number of hydrogen-bond donors (Lipinski definition) is 2. The minimum absolute atomic E-state index is 0.0874. The predicted octanol–water partition coefficient (Wildman–Crippen LogP) is 6.48. The van der Waals surface area contributed by atoms with Crippen LogP contribution in [0.3, 0.4) is 0 Å². The number of Topliss-reactive ketones (excluding diaryl/α,β-unsaturated/α-hetero) is 3. The minimum Gasteiger partial charge on any atom is -0.444 e. The lowest BCUT2D eigenvalue weighted by atomic mass is 9.83. The molecule has 4 amide bonds. The van der Waals surface area contributed by atoms with Crippen LogP contribution in [0.15, 0.2) is 30.3 Å². The maximum Gasteiger partial charge on any atom is 0.408 e. The van der Waals surface area contributed by atoms with Crippen molar-refractivity contribution in [2.24, 2.45) is 34.5 Å². The second kappa shape index (κ2) is 18.9. The van der Waals surface area contributed by atoms with Gasteiger partial charge in [-0.3, -0.25) is 28.8 Å². The average Bonchev–Trinajstić information content (AvgIpc) is 3.93. The molecule has 0 bridgehead atoms. The van der Waals surface area contributed by atoms with Crippen LogP contribution in [0.2, 0.25) is 0 Å². The van der Waals surface area contributed by atoms with Crippen molar-refractivity contribution >= 4 is 63.8 Å². The normalized spacial score (nSPS) is 21.3. The highest BCUT2D eigenvalue weighted by molar-refractivity contribution is 14.1. The van der Waals surface area contributed by atoms with Crippen LogP contribution in [0.4, 0.5) is 4.79 Å². The lowest BCUT2D eigenvalue weighted by molar-refractivity contribution is -0.145. The molecular weight excluding hydrogens is 827 g/mol. The fraction of sp³-hybridized carbons (Fsp3) is 0.698. The van der Waals surface area contributed by atoms with Crippen LogP contribution in [-0.4, -0.2) is 93.2 Å². The van der Waals surface area contributed by atoms with Gasteiger partial charge in [0.15, 0.2) is 11.6 Å². The quantitative estimate of drug-likeness (QED) is 0.115. The Morgan fingerprint density at radius 1 is 0.929 bits per heavy atom. The molecule has 3 unspecified atom stereocenters. The predicted molar refractivity (Wildman–Crippen MR) is 224 cm³/mol. The van der Waals surface area contributed by atoms with E-state index in [9.17, 15) is 33.6 Å². The minimum atomic E-state index is -0.968. The molecule has 1 aromatic rings. The van der Waals surface area contributed by atoms with Gasteiger partial charge in [-0.1, -0.05) is 114 Å². The number of alkyl halides is 1. The fourth-order valence-electron chi connectivity index (χ4n) is 7.53. The molecule has 3 aliphatic rings. The van der Waals surface area contributed by atoms with Gasteiger partial charge in [-0.05, 0) is 61.3 Å². The summed E-state index contributed by atoms with van der Waals surface area (Å²) >= 11 is 2.34. The Labute approximate surface area is 347 Å². The van der Waals surface area contributed by atoms with Gasteiger partial charge >= 0.3 is 6.09 Å². The zero-order valence-corrected chi connectivity index (χ0v) is 37.7. The van der Waals surface area contributed by atoms with E-state index < -0.39 is 58.6 Å². The third-order valence-corrected chi connectivity index (χ3v) is 10.7. The Morgan fingerprint density at radius 2 is 1.50 bits per heavy atom. The number of carbonyl (C=O) groups is 7. The SMILES string of the molecule is CC(C)I.CN(C)C(=O)[C@@H](NC(=O)CCC(=O)C(=O)C(CC(=O)C1[C@@H]2C(CN1C(=O)[C@@H](NC(=O)OC(C)(C)C)C(C)(C)C)C2(C)C)CC1CC1)c1ccccc1. The molecule has 1 heterocycles. The number of likely N-dealkylation sites (N-methyl/N-ethyl adjacent to an activating group) is 1. The smallest absolute Gasteiger partial charge is 0.408 e. The number of likely N-dealkylation sites (tertiary alicyclic amines) is 1. The maximum atomic E-state index is 14.3. The van der Waals surface area contributed by atoms with Crippen LogP contribution in [0.1, 0.15) is 119 Å². The number of amides is 4. The summed E-state index contributed by atoms with van der Waals surface area (Å²) in [5.41, 5.74) is -1.06. The van der Waals surface area contributed by atoms with Gasteiger partial charge < -0.3 is 25.2 Å². The standard InChI is InChI=1S/C40H58N4O8.C3H7I/c1-38(2,3)34(42-37(51)52-39(4,5)6)36(50)44-22-26-30(40(26,7)8)32(44)28(46)21-25(20-23-16-17-23)33(48)27(45)18-19-29(47)41-31(35(49)43(9)10)24-14-12-11-13-15-24;1-3(2)4/h11-15,23,25-26,30-32,34H,16-22H2,1-10H3,(H,41,47)(H,42,51);3H,1-2H3/t25?,26?,30-,31-,32?,34+;/m0./s1. The first-order valence-electron chi connectivity index (χ1n) is 19.9. The number of fused-ring (bicyclic) bond motifs is 1. The number of halogens is 1. The van der Waals surface area contributed by atoms with Gasteiger partial charge in [0.05, 0.1) is 6.04 Å². The number of nitrogens with one attached hydrogen (secondary N) is 2. The Morgan fingerprint density at radius 3 is 2.00 bits per heavy atom. The summed E-state index contributed by atoms with van der Waals surface area (Å²) in [6.07, 6.45) is 0.645. The second-order valence-electron chi connectivity index (χ2n) is 18.8. The van der Waals surface area contributed by atoms with Crippen LogP contribution in [0, 0.1) is 34.5 Å². The number of alkyl carbamates (subject to hydrolysis) is 1. The van der Waals surface area contributed by atoms with Crippen LogP contribution in [0.25, 0.3) is 0 Å². The molecule has 6 atom stereocenters. The number of carbonyl (C=O) groups excluding carboxylic acids is 7. The van der Waals surface area contributed by atoms with Crippen LogP contribution in [0.5, 0.6) is 0 Å². The van der Waals surface area contributed by atoms with Crippen LogP contribution < -0.4 is 10.6 Å². The molecule has 56 heavy (non-hydrogen) atoms. The Hall–Kier alpha value is -3.36. The van der Waals surface area contributed by atoms with Gasteiger partial charge in [-0.25, -0.2) is 4.79 Å². The van der Waals surface area contributed by atoms with Crippen molar-refractivity contribution in [1.29, 1.82) is 0 Å². The van der Waals surface area contributed by atoms with E-state index >= 15 is 0 Å². The lowest BCUT2D eigenvalue weighted by Gasteiger charge is -2.38. The van der Waals surface area contributed by atoms with Gasteiger partial charge in [0, 0.05) is 49.7 Å². The third-order valence-electron chi connectivity index (χ3n) is 10.7. The molecule has 0 aromatic heterocycles. The molecule has 13 heteroatoms. The summed E-state index contributed by atoms with van der Waals surface area (Å²) in [6.45, 7) is 19.5. The summed E-state index contributed by atoms with van der Waals surface area (Å²) in [5, 5.41) is 5.45. The molecule has 12 nitrogen and oxygen atoms in total. The molecule has 0 spiro atoms. The summed E-state index contributed by atoms with van der Waals surface area (Å²) < 4.78 is 6.26. The highest BCUT2D eigenvalue weighted by Gasteiger charge is 2.69. The van der Waals surface area contributed by atoms with E-state index in [1.807, 2.05) is 20.8 Å². The molecule has 2 saturated carbocycles. The summed E-state index contributed by atoms with van der Waals surface area (Å²) in [5.74, 6) is -3.59. The molecule has 1 aliphatic heterocycles. The maximum absolute atomic E-state index is 14.3. The molecular formula is C43H65IN4O8. The van der Waals surface area contributed by atoms with E-state index in [1.165, 1.54) is 4.90 Å². The van der Waals surface area contributed by atoms with Crippen molar-refractivity contribution in [1.82, 2.24) is 20.4 Å². The number of nitrogens with zero attached hydrogens (tertiary/aromatic N) is 2. The number of hydrogen-bond acceptors (Lipinski definition) is 8. The third kappa shape index (κ3) is 13.1. The van der Waals surface area contributed by atoms with Crippen molar-refractivity contribution in [3.05, 3.63) is 35.9 Å². The molecule has 2 N–H and O–H groups in total. The first-order chi connectivity index (χ1) is 25.8. The number of rotatable bonds is 15. The van der Waals surface area contributed by atoms with Crippen LogP contribution >= 0.6 is 22.6 Å². The molecule has 1 saturated heterocycles. The summed E-state index contributed by atoms with van der Waals surface area (Å²) in [6, 6.07) is 6.07. The van der Waals surface area contributed by atoms with Crippen molar-refractivity contribution in [3.8, 4) is 0 Å². The van der Waals surface area contributed by atoms with Crippen LogP contribution in [-0.2, 0) is 33.5 Å². The topological polar surface area (TPSA) is 159 Å². The van der Waals surface area contributed by atoms with Crippen molar-refractivity contribution < 1.29 is 38.3 Å². The average molecular weight is 893 g/mol. The molecule has 3 fully saturated rings. The van der Waals surface area contributed by atoms with Gasteiger partial charge in [0.25, 0.3) is 0 Å². The highest BCUT2D eigenvalue weighted by Crippen LogP contribution is 2.65. The van der Waals surface area contributed by atoms with E-state index in [-0.39, 0.29) is 60.0 Å². The number of ether oxygens (including phenoxy) is 1. The first kappa shape index (κ1) is 47.0. The Balaban J connectivity index is 0.00000200. The van der Waals surface area contributed by atoms with Gasteiger partial charge in [0.2, 0.25) is 23.5 Å². The summed E-state index contributed by atoms with van der Waals surface area (Å²) in [7, 11) is 3.17. The number of ketones is 3. The zero-order chi connectivity index (χ0) is 42.5. The largest absolute Gasteiger partial charge is 0.444 e. The summed E-state index contributed by atoms with van der Waals surface area (Å²) in [4.78, 5) is 97.1. The lowest BCUT2D eigenvalue weighted by Crippen LogP contribution is -2.58. The van der Waals surface area contributed by atoms with E-state index in [2.05, 4.69) is 60.9 Å². The monoisotopic (exact) mass is 892 g/mol. The van der Waals surface area contributed by atoms with Crippen molar-refractivity contribution in [3.63, 3.8) is 0 Å². The molecule has 0 radical (unpaired) electrons.